The van der Waals surface area contributed by atoms with E-state index in [9.17, 15) is 19.5 Å². The summed E-state index contributed by atoms with van der Waals surface area (Å²) in [5.74, 6) is -1.38. The number of hydrogen-bond donors (Lipinski definition) is 3. The van der Waals surface area contributed by atoms with Gasteiger partial charge in [0, 0.05) is 24.4 Å². The average molecular weight is 369 g/mol. The Morgan fingerprint density at radius 1 is 1.36 bits per heavy atom. The van der Waals surface area contributed by atoms with Gasteiger partial charge in [0.25, 0.3) is 0 Å². The van der Waals surface area contributed by atoms with E-state index in [2.05, 4.69) is 10.6 Å². The van der Waals surface area contributed by atoms with E-state index in [1.54, 1.807) is 18.8 Å². The van der Waals surface area contributed by atoms with Crippen molar-refractivity contribution in [2.75, 3.05) is 20.2 Å². The molecule has 3 saturated heterocycles. The van der Waals surface area contributed by atoms with Gasteiger partial charge in [0.15, 0.2) is 0 Å². The van der Waals surface area contributed by atoms with Crippen molar-refractivity contribution in [3.05, 3.63) is 0 Å². The lowest BCUT2D eigenvalue weighted by atomic mass is 9.70. The molecule has 3 fully saturated rings. The molecule has 5 atom stereocenters. The van der Waals surface area contributed by atoms with Gasteiger partial charge >= 0.3 is 0 Å². The van der Waals surface area contributed by atoms with Crippen molar-refractivity contribution >= 4 is 29.5 Å². The number of rotatable bonds is 4. The number of aliphatic hydroxyl groups is 1. The number of thioether (sulfide) groups is 1. The zero-order valence-corrected chi connectivity index (χ0v) is 16.0. The molecule has 3 aliphatic rings. The molecular formula is C17H27N3O4S. The average Bonchev–Trinajstić information content (AvgIpc) is 3.13. The number of amides is 3. The predicted octanol–water partition coefficient (Wildman–Crippen LogP) is -0.269. The number of carbonyl (C=O) groups is 3. The van der Waals surface area contributed by atoms with Gasteiger partial charge in [-0.2, -0.15) is 0 Å². The third-order valence-corrected chi connectivity index (χ3v) is 7.39. The van der Waals surface area contributed by atoms with Crippen LogP contribution < -0.4 is 10.6 Å². The third kappa shape index (κ3) is 2.73. The van der Waals surface area contributed by atoms with E-state index in [1.807, 2.05) is 20.8 Å². The molecule has 0 aliphatic carbocycles. The Hall–Kier alpha value is -1.28. The third-order valence-electron chi connectivity index (χ3n) is 5.44. The fraction of sp³-hybridized carbons (Fsp3) is 0.824. The second-order valence-corrected chi connectivity index (χ2v) is 9.77. The van der Waals surface area contributed by atoms with Gasteiger partial charge in [0.1, 0.15) is 6.04 Å². The Labute approximate surface area is 152 Å². The van der Waals surface area contributed by atoms with E-state index in [0.29, 0.717) is 0 Å². The SMILES string of the molecule is CNC(=O)[C@@H]1[C@H]2C(=O)N(CCO)C(C(=O)NC(C)(C)C)C23CC[C@H]1S3. The van der Waals surface area contributed by atoms with Crippen LogP contribution >= 0.6 is 11.8 Å². The van der Waals surface area contributed by atoms with Crippen molar-refractivity contribution in [2.45, 2.75) is 55.2 Å². The molecule has 3 amide bonds. The minimum absolute atomic E-state index is 0.0788. The number of nitrogens with zero attached hydrogens (tertiary/aromatic N) is 1. The first-order valence-electron chi connectivity index (χ1n) is 8.79. The molecule has 0 aromatic rings. The molecule has 0 saturated carbocycles. The van der Waals surface area contributed by atoms with Crippen molar-refractivity contribution < 1.29 is 19.5 Å². The van der Waals surface area contributed by atoms with E-state index in [0.717, 1.165) is 12.8 Å². The summed E-state index contributed by atoms with van der Waals surface area (Å²) in [5, 5.41) is 15.2. The van der Waals surface area contributed by atoms with Gasteiger partial charge in [0.2, 0.25) is 17.7 Å². The number of aliphatic hydroxyl groups excluding tert-OH is 1. The Bertz CT molecular complexity index is 605. The van der Waals surface area contributed by atoms with Gasteiger partial charge < -0.3 is 20.6 Å². The summed E-state index contributed by atoms with van der Waals surface area (Å²) in [6.07, 6.45) is 1.58. The fourth-order valence-corrected chi connectivity index (χ4v) is 6.93. The van der Waals surface area contributed by atoms with E-state index in [1.165, 1.54) is 4.90 Å². The predicted molar refractivity (Wildman–Crippen MR) is 94.9 cm³/mol. The smallest absolute Gasteiger partial charge is 0.244 e. The minimum atomic E-state index is -0.638. The quantitative estimate of drug-likeness (QED) is 0.634. The van der Waals surface area contributed by atoms with Crippen LogP contribution in [0.5, 0.6) is 0 Å². The van der Waals surface area contributed by atoms with Crippen LogP contribution in [0, 0.1) is 11.8 Å². The first-order chi connectivity index (χ1) is 11.7. The topological polar surface area (TPSA) is 98.7 Å². The zero-order chi connectivity index (χ0) is 18.6. The maximum atomic E-state index is 13.1. The molecule has 0 radical (unpaired) electrons. The Balaban J connectivity index is 2.00. The molecule has 140 valence electrons. The van der Waals surface area contributed by atoms with Gasteiger partial charge in [-0.25, -0.2) is 0 Å². The molecule has 3 heterocycles. The summed E-state index contributed by atoms with van der Waals surface area (Å²) >= 11 is 1.63. The Morgan fingerprint density at radius 2 is 2.04 bits per heavy atom. The van der Waals surface area contributed by atoms with Gasteiger partial charge in [-0.15, -0.1) is 11.8 Å². The largest absolute Gasteiger partial charge is 0.395 e. The molecule has 3 rings (SSSR count). The molecule has 7 nitrogen and oxygen atoms in total. The molecule has 3 N–H and O–H groups in total. The standard InChI is InChI=1S/C17H27N3O4S/c1-16(2,3)19-14(23)12-17-6-5-9(25-17)10(13(22)18-4)11(17)15(24)20(12)7-8-21/h9-12,21H,5-8H2,1-4H3,(H,18,22)(H,19,23)/t9-,10+,11+,12?,17?/m1/s1. The lowest BCUT2D eigenvalue weighted by Crippen LogP contribution is -2.57. The second-order valence-electron chi connectivity index (χ2n) is 8.16. The highest BCUT2D eigenvalue weighted by molar-refractivity contribution is 8.02. The monoisotopic (exact) mass is 369 g/mol. The lowest BCUT2D eigenvalue weighted by Gasteiger charge is -2.35. The molecule has 2 unspecified atom stereocenters. The van der Waals surface area contributed by atoms with Gasteiger partial charge in [0.05, 0.1) is 23.2 Å². The summed E-state index contributed by atoms with van der Waals surface area (Å²) in [5.41, 5.74) is -0.415. The highest BCUT2D eigenvalue weighted by Crippen LogP contribution is 2.66. The number of hydrogen-bond acceptors (Lipinski definition) is 5. The first kappa shape index (κ1) is 18.5. The van der Waals surface area contributed by atoms with Crippen LogP contribution in [-0.2, 0) is 14.4 Å². The van der Waals surface area contributed by atoms with Crippen molar-refractivity contribution in [1.29, 1.82) is 0 Å². The van der Waals surface area contributed by atoms with Crippen molar-refractivity contribution in [2.24, 2.45) is 11.8 Å². The first-order valence-corrected chi connectivity index (χ1v) is 9.67. The Morgan fingerprint density at radius 3 is 2.60 bits per heavy atom. The normalized spacial score (nSPS) is 36.5. The molecule has 8 heteroatoms. The van der Waals surface area contributed by atoms with Crippen LogP contribution in [0.25, 0.3) is 0 Å². The number of β-amino-alcohol motifs (C(OH)–C–C–N with tert-alkyl or cyclic N) is 1. The Kier molecular flexibility index (Phi) is 4.56. The van der Waals surface area contributed by atoms with E-state index in [4.69, 9.17) is 0 Å². The summed E-state index contributed by atoms with van der Waals surface area (Å²) < 4.78 is -0.566. The number of fused-ring (bicyclic) bond motifs is 1. The lowest BCUT2D eigenvalue weighted by molar-refractivity contribution is -0.140. The minimum Gasteiger partial charge on any atom is -0.395 e. The van der Waals surface area contributed by atoms with Crippen LogP contribution in [0.2, 0.25) is 0 Å². The molecule has 0 aromatic heterocycles. The van der Waals surface area contributed by atoms with Gasteiger partial charge in [-0.3, -0.25) is 14.4 Å². The van der Waals surface area contributed by atoms with Crippen LogP contribution in [0.3, 0.4) is 0 Å². The fourth-order valence-electron chi connectivity index (χ4n) is 4.71. The molecule has 2 bridgehead atoms. The number of carbonyl (C=O) groups excluding carboxylic acids is 3. The summed E-state index contributed by atoms with van der Waals surface area (Å²) in [6.45, 7) is 5.62. The van der Waals surface area contributed by atoms with Crippen LogP contribution in [-0.4, -0.2) is 69.5 Å². The molecular weight excluding hydrogens is 342 g/mol. The molecule has 3 aliphatic heterocycles. The van der Waals surface area contributed by atoms with Crippen molar-refractivity contribution in [3.8, 4) is 0 Å². The van der Waals surface area contributed by atoms with E-state index in [-0.39, 0.29) is 36.1 Å². The second kappa shape index (κ2) is 6.16. The highest BCUT2D eigenvalue weighted by Gasteiger charge is 2.73. The zero-order valence-electron chi connectivity index (χ0n) is 15.2. The summed E-state index contributed by atoms with van der Waals surface area (Å²) in [4.78, 5) is 40.1. The van der Waals surface area contributed by atoms with Crippen LogP contribution in [0.4, 0.5) is 0 Å². The van der Waals surface area contributed by atoms with E-state index < -0.39 is 28.2 Å². The molecule has 1 spiro atoms. The summed E-state index contributed by atoms with van der Waals surface area (Å²) in [6, 6.07) is -0.638. The summed E-state index contributed by atoms with van der Waals surface area (Å²) in [7, 11) is 1.58. The van der Waals surface area contributed by atoms with Crippen LogP contribution in [0.15, 0.2) is 0 Å². The maximum absolute atomic E-state index is 13.1. The van der Waals surface area contributed by atoms with Crippen molar-refractivity contribution in [3.63, 3.8) is 0 Å². The van der Waals surface area contributed by atoms with Gasteiger partial charge in [-0.1, -0.05) is 0 Å². The highest BCUT2D eigenvalue weighted by atomic mass is 32.2. The number of likely N-dealkylation sites (tertiary alicyclic amines) is 1. The molecule has 0 aromatic carbocycles. The van der Waals surface area contributed by atoms with Crippen LogP contribution in [0.1, 0.15) is 33.6 Å². The molecule has 25 heavy (non-hydrogen) atoms. The number of nitrogens with one attached hydrogen (secondary N) is 2. The van der Waals surface area contributed by atoms with Crippen molar-refractivity contribution in [1.82, 2.24) is 15.5 Å². The van der Waals surface area contributed by atoms with Gasteiger partial charge in [-0.05, 0) is 33.6 Å². The van der Waals surface area contributed by atoms with E-state index >= 15 is 0 Å². The maximum Gasteiger partial charge on any atom is 0.244 e.